The molecule has 0 aromatic carbocycles. The summed E-state index contributed by atoms with van der Waals surface area (Å²) in [5, 5.41) is 4.37. The summed E-state index contributed by atoms with van der Waals surface area (Å²) in [4.78, 5) is 2.58. The predicted octanol–water partition coefficient (Wildman–Crippen LogP) is 1.81. The van der Waals surface area contributed by atoms with Gasteiger partial charge in [-0.05, 0) is 13.3 Å². The maximum atomic E-state index is 3.55. The highest BCUT2D eigenvalue weighted by Gasteiger charge is 2.15. The molecule has 0 amide bonds. The van der Waals surface area contributed by atoms with E-state index in [1.54, 1.807) is 0 Å². The van der Waals surface area contributed by atoms with Gasteiger partial charge in [-0.15, -0.1) is 0 Å². The lowest BCUT2D eigenvalue weighted by atomic mass is 10.2. The molecule has 0 saturated carbocycles. The van der Waals surface area contributed by atoms with Crippen molar-refractivity contribution in [3.05, 3.63) is 0 Å². The van der Waals surface area contributed by atoms with E-state index < -0.39 is 0 Å². The molecule has 1 aliphatic rings. The van der Waals surface area contributed by atoms with Crippen LogP contribution in [0.25, 0.3) is 0 Å². The number of rotatable bonds is 5. The van der Waals surface area contributed by atoms with Crippen molar-refractivity contribution in [2.75, 3.05) is 31.9 Å². The SMILES string of the molecule is CCC(C)NCCN1CCSC(C)C1. The monoisotopic (exact) mass is 216 g/mol. The molecule has 0 bridgehead atoms. The molecule has 84 valence electrons. The van der Waals surface area contributed by atoms with Gasteiger partial charge in [0, 0.05) is 43.2 Å². The first-order valence-corrected chi connectivity index (χ1v) is 6.84. The molecular formula is C11H24N2S. The molecule has 14 heavy (non-hydrogen) atoms. The minimum absolute atomic E-state index is 0.673. The van der Waals surface area contributed by atoms with Gasteiger partial charge in [-0.3, -0.25) is 0 Å². The van der Waals surface area contributed by atoms with Gasteiger partial charge in [-0.1, -0.05) is 13.8 Å². The Morgan fingerprint density at radius 1 is 1.57 bits per heavy atom. The van der Waals surface area contributed by atoms with Crippen LogP contribution < -0.4 is 5.32 Å². The zero-order valence-electron chi connectivity index (χ0n) is 9.75. The average Bonchev–Trinajstić information content (AvgIpc) is 2.17. The second kappa shape index (κ2) is 6.70. The Morgan fingerprint density at radius 2 is 2.36 bits per heavy atom. The van der Waals surface area contributed by atoms with Crippen molar-refractivity contribution in [2.24, 2.45) is 0 Å². The van der Waals surface area contributed by atoms with E-state index in [9.17, 15) is 0 Å². The van der Waals surface area contributed by atoms with Crippen molar-refractivity contribution in [1.29, 1.82) is 0 Å². The quantitative estimate of drug-likeness (QED) is 0.754. The first kappa shape index (κ1) is 12.3. The Balaban J connectivity index is 2.05. The fraction of sp³-hybridized carbons (Fsp3) is 1.00. The Labute approximate surface area is 92.8 Å². The van der Waals surface area contributed by atoms with Gasteiger partial charge < -0.3 is 10.2 Å². The third-order valence-electron chi connectivity index (χ3n) is 2.86. The molecule has 1 rings (SSSR count). The molecule has 0 aromatic heterocycles. The zero-order chi connectivity index (χ0) is 10.4. The van der Waals surface area contributed by atoms with E-state index in [1.807, 2.05) is 0 Å². The third-order valence-corrected chi connectivity index (χ3v) is 3.99. The molecule has 0 aromatic rings. The Kier molecular flexibility index (Phi) is 5.90. The number of nitrogens with zero attached hydrogens (tertiary/aromatic N) is 1. The highest BCUT2D eigenvalue weighted by molar-refractivity contribution is 7.99. The van der Waals surface area contributed by atoms with Crippen LogP contribution in [0.5, 0.6) is 0 Å². The molecule has 0 aliphatic carbocycles. The minimum Gasteiger partial charge on any atom is -0.313 e. The van der Waals surface area contributed by atoms with Crippen LogP contribution in [0.15, 0.2) is 0 Å². The lowest BCUT2D eigenvalue weighted by molar-refractivity contribution is 0.281. The number of hydrogen-bond acceptors (Lipinski definition) is 3. The van der Waals surface area contributed by atoms with Gasteiger partial charge >= 0.3 is 0 Å². The minimum atomic E-state index is 0.673. The van der Waals surface area contributed by atoms with Crippen LogP contribution in [-0.4, -0.2) is 48.1 Å². The van der Waals surface area contributed by atoms with E-state index in [2.05, 4.69) is 42.7 Å². The Bertz CT molecular complexity index is 152. The molecule has 2 atom stereocenters. The highest BCUT2D eigenvalue weighted by atomic mass is 32.2. The van der Waals surface area contributed by atoms with Crippen LogP contribution >= 0.6 is 11.8 Å². The maximum absolute atomic E-state index is 3.55. The van der Waals surface area contributed by atoms with Crippen LogP contribution in [0, 0.1) is 0 Å². The summed E-state index contributed by atoms with van der Waals surface area (Å²) in [6, 6.07) is 0.673. The van der Waals surface area contributed by atoms with E-state index in [-0.39, 0.29) is 0 Å². The molecule has 1 heterocycles. The van der Waals surface area contributed by atoms with Crippen molar-refractivity contribution < 1.29 is 0 Å². The van der Waals surface area contributed by atoms with Gasteiger partial charge in [0.15, 0.2) is 0 Å². The topological polar surface area (TPSA) is 15.3 Å². The molecule has 0 spiro atoms. The zero-order valence-corrected chi connectivity index (χ0v) is 10.6. The predicted molar refractivity (Wildman–Crippen MR) is 66.1 cm³/mol. The van der Waals surface area contributed by atoms with E-state index in [0.29, 0.717) is 6.04 Å². The smallest absolute Gasteiger partial charge is 0.0147 e. The number of thioether (sulfide) groups is 1. The van der Waals surface area contributed by atoms with E-state index in [1.165, 1.54) is 31.8 Å². The van der Waals surface area contributed by atoms with Crippen molar-refractivity contribution in [3.8, 4) is 0 Å². The fourth-order valence-electron chi connectivity index (χ4n) is 1.71. The number of nitrogens with one attached hydrogen (secondary N) is 1. The van der Waals surface area contributed by atoms with Crippen LogP contribution in [-0.2, 0) is 0 Å². The summed E-state index contributed by atoms with van der Waals surface area (Å²) >= 11 is 2.10. The highest BCUT2D eigenvalue weighted by Crippen LogP contribution is 2.16. The van der Waals surface area contributed by atoms with Gasteiger partial charge in [-0.2, -0.15) is 11.8 Å². The summed E-state index contributed by atoms with van der Waals surface area (Å²) in [5.41, 5.74) is 0. The summed E-state index contributed by atoms with van der Waals surface area (Å²) in [6.07, 6.45) is 1.23. The largest absolute Gasteiger partial charge is 0.313 e. The Hall–Kier alpha value is 0.270. The van der Waals surface area contributed by atoms with E-state index in [0.717, 1.165) is 11.8 Å². The van der Waals surface area contributed by atoms with Gasteiger partial charge in [0.2, 0.25) is 0 Å². The lowest BCUT2D eigenvalue weighted by Gasteiger charge is -2.30. The summed E-state index contributed by atoms with van der Waals surface area (Å²) in [7, 11) is 0. The molecular weight excluding hydrogens is 192 g/mol. The first-order chi connectivity index (χ1) is 6.72. The molecule has 3 heteroatoms. The molecule has 2 unspecified atom stereocenters. The lowest BCUT2D eigenvalue weighted by Crippen LogP contribution is -2.41. The first-order valence-electron chi connectivity index (χ1n) is 5.79. The summed E-state index contributed by atoms with van der Waals surface area (Å²) in [5.74, 6) is 1.31. The molecule has 0 radical (unpaired) electrons. The average molecular weight is 216 g/mol. The van der Waals surface area contributed by atoms with E-state index in [4.69, 9.17) is 0 Å². The Morgan fingerprint density at radius 3 is 3.00 bits per heavy atom. The van der Waals surface area contributed by atoms with Crippen LogP contribution in [0.1, 0.15) is 27.2 Å². The van der Waals surface area contributed by atoms with E-state index >= 15 is 0 Å². The second-order valence-corrected chi connectivity index (χ2v) is 5.79. The molecule has 2 nitrogen and oxygen atoms in total. The summed E-state index contributed by atoms with van der Waals surface area (Å²) < 4.78 is 0. The summed E-state index contributed by atoms with van der Waals surface area (Å²) in [6.45, 7) is 11.7. The number of hydrogen-bond donors (Lipinski definition) is 1. The van der Waals surface area contributed by atoms with Crippen molar-refractivity contribution in [2.45, 2.75) is 38.5 Å². The van der Waals surface area contributed by atoms with Crippen molar-refractivity contribution >= 4 is 11.8 Å². The maximum Gasteiger partial charge on any atom is 0.0147 e. The third kappa shape index (κ3) is 4.67. The standard InChI is InChI=1S/C11H24N2S/c1-4-10(2)12-5-6-13-7-8-14-11(3)9-13/h10-12H,4-9H2,1-3H3. The molecule has 1 aliphatic heterocycles. The van der Waals surface area contributed by atoms with Crippen molar-refractivity contribution in [3.63, 3.8) is 0 Å². The molecule has 1 saturated heterocycles. The van der Waals surface area contributed by atoms with Gasteiger partial charge in [0.05, 0.1) is 0 Å². The normalized spacial score (nSPS) is 26.4. The fourth-order valence-corrected chi connectivity index (χ4v) is 2.79. The van der Waals surface area contributed by atoms with Crippen LogP contribution in [0.4, 0.5) is 0 Å². The van der Waals surface area contributed by atoms with Gasteiger partial charge in [-0.25, -0.2) is 0 Å². The molecule has 1 N–H and O–H groups in total. The van der Waals surface area contributed by atoms with Crippen LogP contribution in [0.3, 0.4) is 0 Å². The van der Waals surface area contributed by atoms with Crippen LogP contribution in [0.2, 0.25) is 0 Å². The van der Waals surface area contributed by atoms with Crippen molar-refractivity contribution in [1.82, 2.24) is 10.2 Å². The second-order valence-electron chi connectivity index (χ2n) is 4.25. The van der Waals surface area contributed by atoms with Gasteiger partial charge in [0.1, 0.15) is 0 Å². The molecule has 1 fully saturated rings. The van der Waals surface area contributed by atoms with Gasteiger partial charge in [0.25, 0.3) is 0 Å².